The van der Waals surface area contributed by atoms with Crippen LogP contribution >= 0.6 is 15.9 Å². The quantitative estimate of drug-likeness (QED) is 0.633. The molecule has 2 rings (SSSR count). The summed E-state index contributed by atoms with van der Waals surface area (Å²) in [6.07, 6.45) is 1.55. The molecule has 1 heterocycles. The molecule has 18 heavy (non-hydrogen) atoms. The van der Waals surface area contributed by atoms with E-state index in [4.69, 9.17) is 9.47 Å². The maximum Gasteiger partial charge on any atom is 0.249 e. The molecule has 1 aromatic carbocycles. The van der Waals surface area contributed by atoms with Gasteiger partial charge in [-0.15, -0.1) is 0 Å². The fourth-order valence-electron chi connectivity index (χ4n) is 1.67. The van der Waals surface area contributed by atoms with Crippen LogP contribution in [0.4, 0.5) is 0 Å². The summed E-state index contributed by atoms with van der Waals surface area (Å²) in [4.78, 5) is 10.6. The standard InChI is InChI=1S/C12H12BrNO4/c1-7(2)10(14(15)16)4-8-3-9(13)12-11(5-8)17-6-18-12/h3-5,7H,6H2,1-2H3/b10-4-. The Kier molecular flexibility index (Phi) is 3.56. The highest BCUT2D eigenvalue weighted by Crippen LogP contribution is 2.40. The molecular formula is C12H12BrNO4. The zero-order valence-electron chi connectivity index (χ0n) is 9.97. The van der Waals surface area contributed by atoms with E-state index in [1.54, 1.807) is 32.1 Å². The van der Waals surface area contributed by atoms with Crippen molar-refractivity contribution in [2.45, 2.75) is 13.8 Å². The Morgan fingerprint density at radius 1 is 1.50 bits per heavy atom. The molecule has 1 aliphatic heterocycles. The minimum Gasteiger partial charge on any atom is -0.454 e. The number of hydrogen-bond donors (Lipinski definition) is 0. The van der Waals surface area contributed by atoms with Gasteiger partial charge in [0, 0.05) is 12.0 Å². The summed E-state index contributed by atoms with van der Waals surface area (Å²) in [5.41, 5.74) is 0.882. The van der Waals surface area contributed by atoms with Crippen molar-refractivity contribution < 1.29 is 14.4 Å². The van der Waals surface area contributed by atoms with Crippen molar-refractivity contribution in [1.29, 1.82) is 0 Å². The Morgan fingerprint density at radius 3 is 2.83 bits per heavy atom. The van der Waals surface area contributed by atoms with Gasteiger partial charge in [-0.3, -0.25) is 10.1 Å². The van der Waals surface area contributed by atoms with Crippen LogP contribution in [0.15, 0.2) is 22.3 Å². The lowest BCUT2D eigenvalue weighted by atomic mass is 10.1. The Bertz CT molecular complexity index is 525. The van der Waals surface area contributed by atoms with Crippen molar-refractivity contribution in [1.82, 2.24) is 0 Å². The molecule has 0 saturated heterocycles. The normalized spacial score (nSPS) is 14.1. The smallest absolute Gasteiger partial charge is 0.249 e. The van der Waals surface area contributed by atoms with Crippen LogP contribution in [-0.2, 0) is 0 Å². The highest BCUT2D eigenvalue weighted by atomic mass is 79.9. The van der Waals surface area contributed by atoms with Gasteiger partial charge >= 0.3 is 0 Å². The number of halogens is 1. The number of hydrogen-bond acceptors (Lipinski definition) is 4. The Balaban J connectivity index is 2.43. The van der Waals surface area contributed by atoms with Gasteiger partial charge in [0.05, 0.1) is 9.40 Å². The summed E-state index contributed by atoms with van der Waals surface area (Å²) in [7, 11) is 0. The summed E-state index contributed by atoms with van der Waals surface area (Å²) in [5, 5.41) is 10.9. The van der Waals surface area contributed by atoms with Crippen LogP contribution in [0, 0.1) is 16.0 Å². The van der Waals surface area contributed by atoms with E-state index in [-0.39, 0.29) is 23.3 Å². The number of benzene rings is 1. The summed E-state index contributed by atoms with van der Waals surface area (Å²) < 4.78 is 11.3. The number of nitrogens with zero attached hydrogens (tertiary/aromatic N) is 1. The van der Waals surface area contributed by atoms with E-state index in [2.05, 4.69) is 15.9 Å². The summed E-state index contributed by atoms with van der Waals surface area (Å²) in [6.45, 7) is 3.75. The minimum atomic E-state index is -0.358. The molecule has 0 saturated carbocycles. The van der Waals surface area contributed by atoms with Gasteiger partial charge in [-0.25, -0.2) is 0 Å². The molecule has 1 aliphatic rings. The Morgan fingerprint density at radius 2 is 2.22 bits per heavy atom. The first kappa shape index (κ1) is 12.9. The largest absolute Gasteiger partial charge is 0.454 e. The molecule has 96 valence electrons. The van der Waals surface area contributed by atoms with Gasteiger partial charge < -0.3 is 9.47 Å². The van der Waals surface area contributed by atoms with Crippen LogP contribution in [0.1, 0.15) is 19.4 Å². The van der Waals surface area contributed by atoms with E-state index in [1.807, 2.05) is 0 Å². The number of rotatable bonds is 3. The van der Waals surface area contributed by atoms with Crippen LogP contribution in [0.5, 0.6) is 11.5 Å². The van der Waals surface area contributed by atoms with Gasteiger partial charge in [-0.2, -0.15) is 0 Å². The van der Waals surface area contributed by atoms with Gasteiger partial charge in [0.2, 0.25) is 12.5 Å². The van der Waals surface area contributed by atoms with Crippen molar-refractivity contribution >= 4 is 22.0 Å². The average Bonchev–Trinajstić information content (AvgIpc) is 2.73. The van der Waals surface area contributed by atoms with E-state index < -0.39 is 0 Å². The molecule has 0 spiro atoms. The molecule has 5 nitrogen and oxygen atoms in total. The molecule has 0 unspecified atom stereocenters. The molecular weight excluding hydrogens is 302 g/mol. The predicted octanol–water partition coefficient (Wildman–Crippen LogP) is 3.45. The molecule has 0 bridgehead atoms. The fraction of sp³-hybridized carbons (Fsp3) is 0.333. The molecule has 0 atom stereocenters. The first-order chi connectivity index (χ1) is 8.49. The van der Waals surface area contributed by atoms with Gasteiger partial charge in [0.25, 0.3) is 0 Å². The zero-order valence-corrected chi connectivity index (χ0v) is 11.6. The Labute approximate surface area is 113 Å². The highest BCUT2D eigenvalue weighted by Gasteiger charge is 2.20. The fourth-order valence-corrected chi connectivity index (χ4v) is 2.25. The van der Waals surface area contributed by atoms with Crippen molar-refractivity contribution in [3.05, 3.63) is 38.0 Å². The first-order valence-electron chi connectivity index (χ1n) is 5.44. The van der Waals surface area contributed by atoms with E-state index in [1.165, 1.54) is 0 Å². The van der Waals surface area contributed by atoms with Crippen LogP contribution in [0.25, 0.3) is 6.08 Å². The highest BCUT2D eigenvalue weighted by molar-refractivity contribution is 9.10. The van der Waals surface area contributed by atoms with Crippen LogP contribution in [-0.4, -0.2) is 11.7 Å². The zero-order chi connectivity index (χ0) is 13.3. The van der Waals surface area contributed by atoms with Crippen LogP contribution in [0.2, 0.25) is 0 Å². The van der Waals surface area contributed by atoms with Gasteiger partial charge in [0.15, 0.2) is 11.5 Å². The summed E-state index contributed by atoms with van der Waals surface area (Å²) in [5.74, 6) is 1.09. The lowest BCUT2D eigenvalue weighted by Gasteiger charge is -2.04. The number of fused-ring (bicyclic) bond motifs is 1. The minimum absolute atomic E-state index is 0.149. The number of allylic oxidation sites excluding steroid dienone is 1. The van der Waals surface area contributed by atoms with Crippen molar-refractivity contribution in [2.75, 3.05) is 6.79 Å². The number of ether oxygens (including phenoxy) is 2. The van der Waals surface area contributed by atoms with Crippen molar-refractivity contribution in [3.8, 4) is 11.5 Å². The molecule has 0 aromatic heterocycles. The molecule has 1 aromatic rings. The number of nitro groups is 1. The van der Waals surface area contributed by atoms with Crippen LogP contribution in [0.3, 0.4) is 0 Å². The summed E-state index contributed by atoms with van der Waals surface area (Å²) in [6, 6.07) is 3.51. The predicted molar refractivity (Wildman–Crippen MR) is 70.1 cm³/mol. The third kappa shape index (κ3) is 2.48. The van der Waals surface area contributed by atoms with Crippen molar-refractivity contribution in [3.63, 3.8) is 0 Å². The van der Waals surface area contributed by atoms with E-state index >= 15 is 0 Å². The molecule has 6 heteroatoms. The van der Waals surface area contributed by atoms with E-state index in [0.717, 1.165) is 4.47 Å². The second-order valence-corrected chi connectivity index (χ2v) is 5.07. The second-order valence-electron chi connectivity index (χ2n) is 4.22. The molecule has 0 fully saturated rings. The average molecular weight is 314 g/mol. The second kappa shape index (κ2) is 4.97. The third-order valence-corrected chi connectivity index (χ3v) is 3.16. The maximum absolute atomic E-state index is 10.9. The SMILES string of the molecule is CC(C)/C(=C/c1cc(Br)c2c(c1)OCO2)[N+](=O)[O-]. The van der Waals surface area contributed by atoms with E-state index in [0.29, 0.717) is 17.1 Å². The topological polar surface area (TPSA) is 61.6 Å². The lowest BCUT2D eigenvalue weighted by Crippen LogP contribution is -2.05. The monoisotopic (exact) mass is 313 g/mol. The third-order valence-electron chi connectivity index (χ3n) is 2.57. The summed E-state index contributed by atoms with van der Waals surface area (Å²) >= 11 is 3.36. The maximum atomic E-state index is 10.9. The molecule has 0 aliphatic carbocycles. The van der Waals surface area contributed by atoms with Gasteiger partial charge in [0.1, 0.15) is 0 Å². The Hall–Kier alpha value is -1.56. The lowest BCUT2D eigenvalue weighted by molar-refractivity contribution is -0.431. The van der Waals surface area contributed by atoms with Crippen molar-refractivity contribution in [2.24, 2.45) is 5.92 Å². The van der Waals surface area contributed by atoms with Gasteiger partial charge in [-0.05, 0) is 33.6 Å². The van der Waals surface area contributed by atoms with E-state index in [9.17, 15) is 10.1 Å². The molecule has 0 amide bonds. The molecule has 0 N–H and O–H groups in total. The van der Waals surface area contributed by atoms with Crippen LogP contribution < -0.4 is 9.47 Å². The first-order valence-corrected chi connectivity index (χ1v) is 6.23. The molecule has 0 radical (unpaired) electrons. The van der Waals surface area contributed by atoms with Gasteiger partial charge in [-0.1, -0.05) is 13.8 Å².